The number of carbonyl (C=O) groups excluding carboxylic acids is 1. The fraction of sp³-hybridized carbons (Fsp3) is 0.600. The molecular formula is C15H22N2O3. The van der Waals surface area contributed by atoms with Gasteiger partial charge in [0.1, 0.15) is 12.2 Å². The second-order valence-corrected chi connectivity index (χ2v) is 6.52. The van der Waals surface area contributed by atoms with Gasteiger partial charge in [-0.1, -0.05) is 20.8 Å². The van der Waals surface area contributed by atoms with Crippen LogP contribution in [-0.2, 0) is 11.3 Å². The molecule has 1 unspecified atom stereocenters. The highest BCUT2D eigenvalue weighted by Gasteiger charge is 2.34. The monoisotopic (exact) mass is 278 g/mol. The zero-order chi connectivity index (χ0) is 14.9. The molecule has 1 atom stereocenters. The van der Waals surface area contributed by atoms with Crippen molar-refractivity contribution < 1.29 is 14.7 Å². The second kappa shape index (κ2) is 5.31. The van der Waals surface area contributed by atoms with Crippen molar-refractivity contribution in [3.63, 3.8) is 0 Å². The fourth-order valence-electron chi connectivity index (χ4n) is 2.71. The Labute approximate surface area is 119 Å². The van der Waals surface area contributed by atoms with Crippen LogP contribution in [0.25, 0.3) is 0 Å². The SMILES string of the molecule is CC(C)(C)C1CCN(C(=O)c2cccn2CC(=O)O)C1. The number of aliphatic carboxylic acids is 1. The zero-order valence-corrected chi connectivity index (χ0v) is 12.3. The van der Waals surface area contributed by atoms with Crippen molar-refractivity contribution in [2.45, 2.75) is 33.7 Å². The molecule has 1 aliphatic rings. The normalized spacial score (nSPS) is 19.4. The molecule has 1 N–H and O–H groups in total. The lowest BCUT2D eigenvalue weighted by molar-refractivity contribution is -0.137. The molecule has 2 heterocycles. The van der Waals surface area contributed by atoms with Crippen molar-refractivity contribution >= 4 is 11.9 Å². The number of amides is 1. The molecule has 2 rings (SSSR count). The molecular weight excluding hydrogens is 256 g/mol. The van der Waals surface area contributed by atoms with Crippen molar-refractivity contribution in [1.82, 2.24) is 9.47 Å². The van der Waals surface area contributed by atoms with E-state index in [-0.39, 0.29) is 17.9 Å². The average Bonchev–Trinajstić information content (AvgIpc) is 2.94. The summed E-state index contributed by atoms with van der Waals surface area (Å²) in [5.74, 6) is -0.512. The van der Waals surface area contributed by atoms with E-state index in [1.165, 1.54) is 4.57 Å². The number of rotatable bonds is 3. The fourth-order valence-corrected chi connectivity index (χ4v) is 2.71. The summed E-state index contributed by atoms with van der Waals surface area (Å²) in [6.07, 6.45) is 2.65. The van der Waals surface area contributed by atoms with Gasteiger partial charge in [-0.05, 0) is 29.9 Å². The van der Waals surface area contributed by atoms with Crippen molar-refractivity contribution in [3.05, 3.63) is 24.0 Å². The molecule has 1 aromatic rings. The van der Waals surface area contributed by atoms with Gasteiger partial charge in [-0.2, -0.15) is 0 Å². The molecule has 0 aromatic carbocycles. The number of carbonyl (C=O) groups is 2. The summed E-state index contributed by atoms with van der Waals surface area (Å²) in [6.45, 7) is 7.90. The molecule has 110 valence electrons. The van der Waals surface area contributed by atoms with Crippen molar-refractivity contribution in [2.75, 3.05) is 13.1 Å². The zero-order valence-electron chi connectivity index (χ0n) is 12.3. The maximum atomic E-state index is 12.5. The minimum atomic E-state index is -0.941. The first-order valence-corrected chi connectivity index (χ1v) is 6.95. The van der Waals surface area contributed by atoms with Gasteiger partial charge in [-0.3, -0.25) is 9.59 Å². The van der Waals surface area contributed by atoms with Crippen LogP contribution in [0, 0.1) is 11.3 Å². The Morgan fingerprint density at radius 2 is 2.10 bits per heavy atom. The molecule has 5 nitrogen and oxygen atoms in total. The van der Waals surface area contributed by atoms with Crippen LogP contribution in [-0.4, -0.2) is 39.5 Å². The molecule has 1 fully saturated rings. The molecule has 5 heteroatoms. The Balaban J connectivity index is 2.10. The molecule has 1 aromatic heterocycles. The Morgan fingerprint density at radius 3 is 2.65 bits per heavy atom. The maximum absolute atomic E-state index is 12.5. The van der Waals surface area contributed by atoms with Crippen molar-refractivity contribution in [2.24, 2.45) is 11.3 Å². The third-order valence-corrected chi connectivity index (χ3v) is 4.05. The number of hydrogen-bond donors (Lipinski definition) is 1. The van der Waals surface area contributed by atoms with Crippen LogP contribution >= 0.6 is 0 Å². The molecule has 1 amide bonds. The van der Waals surface area contributed by atoms with Gasteiger partial charge in [0.05, 0.1) is 0 Å². The summed E-state index contributed by atoms with van der Waals surface area (Å²) in [5.41, 5.74) is 0.653. The third-order valence-electron chi connectivity index (χ3n) is 4.05. The molecule has 0 aliphatic carbocycles. The predicted octanol–water partition coefficient (Wildman–Crippen LogP) is 2.08. The minimum Gasteiger partial charge on any atom is -0.480 e. The summed E-state index contributed by atoms with van der Waals surface area (Å²) in [7, 11) is 0. The lowest BCUT2D eigenvalue weighted by Gasteiger charge is -2.27. The summed E-state index contributed by atoms with van der Waals surface area (Å²) in [5, 5.41) is 8.86. The highest BCUT2D eigenvalue weighted by Crippen LogP contribution is 2.34. The quantitative estimate of drug-likeness (QED) is 0.920. The predicted molar refractivity (Wildman–Crippen MR) is 75.5 cm³/mol. The number of carboxylic acid groups (broad SMARTS) is 1. The van der Waals surface area contributed by atoms with Gasteiger partial charge in [0.15, 0.2) is 0 Å². The first kappa shape index (κ1) is 14.6. The Kier molecular flexibility index (Phi) is 3.88. The largest absolute Gasteiger partial charge is 0.480 e. The first-order valence-electron chi connectivity index (χ1n) is 6.95. The van der Waals surface area contributed by atoms with E-state index in [2.05, 4.69) is 20.8 Å². The van der Waals surface area contributed by atoms with Crippen LogP contribution in [0.5, 0.6) is 0 Å². The first-order chi connectivity index (χ1) is 9.29. The lowest BCUT2D eigenvalue weighted by atomic mass is 9.80. The van der Waals surface area contributed by atoms with E-state index in [0.717, 1.165) is 19.5 Å². The van der Waals surface area contributed by atoms with E-state index in [0.29, 0.717) is 11.6 Å². The van der Waals surface area contributed by atoms with E-state index >= 15 is 0 Å². The van der Waals surface area contributed by atoms with Gasteiger partial charge < -0.3 is 14.6 Å². The second-order valence-electron chi connectivity index (χ2n) is 6.52. The maximum Gasteiger partial charge on any atom is 0.323 e. The topological polar surface area (TPSA) is 62.5 Å². The van der Waals surface area contributed by atoms with Gasteiger partial charge in [0.25, 0.3) is 5.91 Å². The summed E-state index contributed by atoms with van der Waals surface area (Å²) in [4.78, 5) is 25.1. The smallest absolute Gasteiger partial charge is 0.323 e. The van der Waals surface area contributed by atoms with E-state index in [1.54, 1.807) is 18.3 Å². The van der Waals surface area contributed by atoms with E-state index < -0.39 is 5.97 Å². The highest BCUT2D eigenvalue weighted by molar-refractivity contribution is 5.93. The van der Waals surface area contributed by atoms with Crippen molar-refractivity contribution in [1.29, 1.82) is 0 Å². The molecule has 20 heavy (non-hydrogen) atoms. The van der Waals surface area contributed by atoms with Gasteiger partial charge in [0.2, 0.25) is 0 Å². The molecule has 0 spiro atoms. The standard InChI is InChI=1S/C15H22N2O3/c1-15(2,3)11-6-8-17(9-11)14(20)12-5-4-7-16(12)10-13(18)19/h4-5,7,11H,6,8-10H2,1-3H3,(H,18,19). The number of hydrogen-bond acceptors (Lipinski definition) is 2. The van der Waals surface area contributed by atoms with E-state index in [1.807, 2.05) is 4.90 Å². The third kappa shape index (κ3) is 3.03. The molecule has 0 radical (unpaired) electrons. The summed E-state index contributed by atoms with van der Waals surface area (Å²) >= 11 is 0. The Hall–Kier alpha value is -1.78. The van der Waals surface area contributed by atoms with Gasteiger partial charge >= 0.3 is 5.97 Å². The van der Waals surface area contributed by atoms with E-state index in [4.69, 9.17) is 5.11 Å². The summed E-state index contributed by atoms with van der Waals surface area (Å²) < 4.78 is 1.50. The van der Waals surface area contributed by atoms with Crippen LogP contribution in [0.2, 0.25) is 0 Å². The Bertz CT molecular complexity index is 513. The van der Waals surface area contributed by atoms with Gasteiger partial charge in [-0.15, -0.1) is 0 Å². The van der Waals surface area contributed by atoms with Crippen LogP contribution < -0.4 is 0 Å². The van der Waals surface area contributed by atoms with Crippen LogP contribution in [0.15, 0.2) is 18.3 Å². The lowest BCUT2D eigenvalue weighted by Crippen LogP contribution is -2.32. The average molecular weight is 278 g/mol. The van der Waals surface area contributed by atoms with Crippen LogP contribution in [0.1, 0.15) is 37.7 Å². The number of nitrogens with zero attached hydrogens (tertiary/aromatic N) is 2. The number of aromatic nitrogens is 1. The van der Waals surface area contributed by atoms with Gasteiger partial charge in [-0.25, -0.2) is 0 Å². The molecule has 0 bridgehead atoms. The molecule has 1 saturated heterocycles. The van der Waals surface area contributed by atoms with Crippen LogP contribution in [0.3, 0.4) is 0 Å². The van der Waals surface area contributed by atoms with Crippen molar-refractivity contribution in [3.8, 4) is 0 Å². The van der Waals surface area contributed by atoms with Gasteiger partial charge in [0, 0.05) is 19.3 Å². The number of likely N-dealkylation sites (tertiary alicyclic amines) is 1. The highest BCUT2D eigenvalue weighted by atomic mass is 16.4. The van der Waals surface area contributed by atoms with E-state index in [9.17, 15) is 9.59 Å². The molecule has 0 saturated carbocycles. The number of carboxylic acids is 1. The molecule has 1 aliphatic heterocycles. The van der Waals surface area contributed by atoms with Crippen LogP contribution in [0.4, 0.5) is 0 Å². The minimum absolute atomic E-state index is 0.0667. The Morgan fingerprint density at radius 1 is 1.40 bits per heavy atom. The summed E-state index contributed by atoms with van der Waals surface area (Å²) in [6, 6.07) is 3.41.